The molecule has 0 saturated heterocycles. The van der Waals surface area contributed by atoms with Gasteiger partial charge >= 0.3 is 0 Å². The largest absolute Gasteiger partial charge is 0.365 e. The monoisotopic (exact) mass is 221 g/mol. The highest BCUT2D eigenvalue weighted by Crippen LogP contribution is 2.43. The molecule has 0 atom stereocenters. The van der Waals surface area contributed by atoms with Gasteiger partial charge in [-0.15, -0.1) is 0 Å². The van der Waals surface area contributed by atoms with Crippen molar-refractivity contribution >= 4 is 0 Å². The number of aromatic nitrogens is 1. The van der Waals surface area contributed by atoms with Crippen LogP contribution in [0.1, 0.15) is 32.4 Å². The summed E-state index contributed by atoms with van der Waals surface area (Å²) in [5.74, 6) is 0. The van der Waals surface area contributed by atoms with Crippen LogP contribution in [0.2, 0.25) is 0 Å². The predicted octanol–water partition coefficient (Wildman–Crippen LogP) is 1.62. The van der Waals surface area contributed by atoms with Crippen LogP contribution in [0.15, 0.2) is 18.3 Å². The first-order chi connectivity index (χ1) is 7.58. The number of rotatable bonds is 6. The summed E-state index contributed by atoms with van der Waals surface area (Å²) in [6.07, 6.45) is 4.57. The maximum Gasteiger partial charge on any atom is 0.0217 e. The molecule has 1 saturated carbocycles. The van der Waals surface area contributed by atoms with Gasteiger partial charge in [0.2, 0.25) is 0 Å². The van der Waals surface area contributed by atoms with Gasteiger partial charge in [0.15, 0.2) is 0 Å². The van der Waals surface area contributed by atoms with Gasteiger partial charge in [-0.05, 0) is 36.9 Å². The summed E-state index contributed by atoms with van der Waals surface area (Å²) in [7, 11) is 0. The lowest BCUT2D eigenvalue weighted by atomic mass is 9.89. The van der Waals surface area contributed by atoms with Gasteiger partial charge in [0, 0.05) is 30.4 Å². The Hall–Kier alpha value is -0.800. The Morgan fingerprint density at radius 3 is 2.75 bits per heavy atom. The van der Waals surface area contributed by atoms with Gasteiger partial charge in [0.05, 0.1) is 0 Å². The zero-order valence-electron chi connectivity index (χ0n) is 10.3. The second-order valence-corrected chi connectivity index (χ2v) is 5.78. The third-order valence-electron chi connectivity index (χ3n) is 3.78. The minimum absolute atomic E-state index is 0.161. The number of nitrogens with one attached hydrogen (secondary N) is 2. The van der Waals surface area contributed by atoms with Crippen molar-refractivity contribution in [1.29, 1.82) is 0 Å². The minimum atomic E-state index is 0.161. The van der Waals surface area contributed by atoms with Gasteiger partial charge in [-0.25, -0.2) is 0 Å². The Labute approximate surface area is 97.8 Å². The van der Waals surface area contributed by atoms with Crippen molar-refractivity contribution in [3.63, 3.8) is 0 Å². The van der Waals surface area contributed by atoms with Crippen LogP contribution >= 0.6 is 0 Å². The first kappa shape index (κ1) is 11.7. The van der Waals surface area contributed by atoms with Crippen molar-refractivity contribution < 1.29 is 0 Å². The normalized spacial score (nSPS) is 18.7. The molecule has 1 aliphatic rings. The Kier molecular flexibility index (Phi) is 3.08. The summed E-state index contributed by atoms with van der Waals surface area (Å²) in [6.45, 7) is 7.40. The molecule has 0 unspecified atom stereocenters. The second kappa shape index (κ2) is 4.22. The van der Waals surface area contributed by atoms with E-state index in [1.165, 1.54) is 18.5 Å². The summed E-state index contributed by atoms with van der Waals surface area (Å²) in [5.41, 5.74) is 7.64. The lowest BCUT2D eigenvalue weighted by Crippen LogP contribution is -2.38. The second-order valence-electron chi connectivity index (χ2n) is 5.78. The minimum Gasteiger partial charge on any atom is -0.365 e. The maximum absolute atomic E-state index is 5.77. The number of hydrogen-bond acceptors (Lipinski definition) is 2. The maximum atomic E-state index is 5.77. The molecule has 1 heterocycles. The van der Waals surface area contributed by atoms with E-state index < -0.39 is 0 Å². The third kappa shape index (κ3) is 2.47. The molecule has 1 aliphatic carbocycles. The van der Waals surface area contributed by atoms with E-state index in [0.717, 1.165) is 19.6 Å². The van der Waals surface area contributed by atoms with E-state index in [4.69, 9.17) is 5.73 Å². The fourth-order valence-electron chi connectivity index (χ4n) is 2.12. The fourth-order valence-corrected chi connectivity index (χ4v) is 2.12. The summed E-state index contributed by atoms with van der Waals surface area (Å²) < 4.78 is 0. The van der Waals surface area contributed by atoms with Crippen LogP contribution in [0.4, 0.5) is 0 Å². The highest BCUT2D eigenvalue weighted by atomic mass is 14.9. The molecule has 3 heteroatoms. The van der Waals surface area contributed by atoms with E-state index in [1.54, 1.807) is 0 Å². The predicted molar refractivity (Wildman–Crippen MR) is 67.4 cm³/mol. The lowest BCUT2D eigenvalue weighted by Gasteiger charge is -2.25. The topological polar surface area (TPSA) is 53.8 Å². The average Bonchev–Trinajstić information content (AvgIpc) is 2.81. The Bertz CT molecular complexity index is 323. The van der Waals surface area contributed by atoms with Gasteiger partial charge in [-0.2, -0.15) is 0 Å². The van der Waals surface area contributed by atoms with Crippen LogP contribution in [0.25, 0.3) is 0 Å². The molecule has 0 bridgehead atoms. The Balaban J connectivity index is 1.81. The van der Waals surface area contributed by atoms with E-state index in [2.05, 4.69) is 36.3 Å². The SMILES string of the molecule is CC(C)(CNCC1(CN)CC1)c1ccc[nH]1. The zero-order chi connectivity index (χ0) is 11.6. The highest BCUT2D eigenvalue weighted by Gasteiger charge is 2.40. The van der Waals surface area contributed by atoms with Crippen molar-refractivity contribution in [2.75, 3.05) is 19.6 Å². The van der Waals surface area contributed by atoms with Crippen molar-refractivity contribution in [3.8, 4) is 0 Å². The summed E-state index contributed by atoms with van der Waals surface area (Å²) in [6, 6.07) is 4.21. The molecule has 0 spiro atoms. The van der Waals surface area contributed by atoms with E-state index in [9.17, 15) is 0 Å². The molecule has 0 amide bonds. The van der Waals surface area contributed by atoms with E-state index in [0.29, 0.717) is 5.41 Å². The van der Waals surface area contributed by atoms with Crippen LogP contribution in [-0.4, -0.2) is 24.6 Å². The number of aromatic amines is 1. The Morgan fingerprint density at radius 2 is 2.25 bits per heavy atom. The van der Waals surface area contributed by atoms with E-state index >= 15 is 0 Å². The van der Waals surface area contributed by atoms with Gasteiger partial charge in [-0.1, -0.05) is 13.8 Å². The number of hydrogen-bond donors (Lipinski definition) is 3. The number of H-pyrrole nitrogens is 1. The molecule has 0 aliphatic heterocycles. The zero-order valence-corrected chi connectivity index (χ0v) is 10.3. The molecule has 0 aromatic carbocycles. The molecular formula is C13H23N3. The molecule has 1 aromatic rings. The quantitative estimate of drug-likeness (QED) is 0.684. The molecule has 2 rings (SSSR count). The third-order valence-corrected chi connectivity index (χ3v) is 3.78. The molecule has 3 nitrogen and oxygen atoms in total. The Morgan fingerprint density at radius 1 is 1.50 bits per heavy atom. The van der Waals surface area contributed by atoms with Crippen LogP contribution in [0.5, 0.6) is 0 Å². The summed E-state index contributed by atoms with van der Waals surface area (Å²) in [5, 5.41) is 3.57. The van der Waals surface area contributed by atoms with Crippen molar-refractivity contribution in [2.24, 2.45) is 11.1 Å². The molecule has 16 heavy (non-hydrogen) atoms. The first-order valence-electron chi connectivity index (χ1n) is 6.13. The molecule has 1 aromatic heterocycles. The molecule has 90 valence electrons. The molecule has 1 fully saturated rings. The van der Waals surface area contributed by atoms with Crippen LogP contribution in [-0.2, 0) is 5.41 Å². The van der Waals surface area contributed by atoms with Crippen molar-refractivity contribution in [1.82, 2.24) is 10.3 Å². The van der Waals surface area contributed by atoms with Crippen LogP contribution in [0.3, 0.4) is 0 Å². The van der Waals surface area contributed by atoms with Crippen LogP contribution in [0, 0.1) is 5.41 Å². The van der Waals surface area contributed by atoms with Gasteiger partial charge in [-0.3, -0.25) is 0 Å². The molecular weight excluding hydrogens is 198 g/mol. The number of nitrogens with two attached hydrogens (primary N) is 1. The van der Waals surface area contributed by atoms with E-state index in [1.807, 2.05) is 6.20 Å². The van der Waals surface area contributed by atoms with Gasteiger partial charge < -0.3 is 16.0 Å². The van der Waals surface area contributed by atoms with Crippen molar-refractivity contribution in [2.45, 2.75) is 32.1 Å². The first-order valence-corrected chi connectivity index (χ1v) is 6.13. The van der Waals surface area contributed by atoms with Gasteiger partial charge in [0.1, 0.15) is 0 Å². The highest BCUT2D eigenvalue weighted by molar-refractivity contribution is 5.15. The lowest BCUT2D eigenvalue weighted by molar-refractivity contribution is 0.405. The molecule has 4 N–H and O–H groups in total. The average molecular weight is 221 g/mol. The van der Waals surface area contributed by atoms with E-state index in [-0.39, 0.29) is 5.41 Å². The smallest absolute Gasteiger partial charge is 0.0217 e. The summed E-state index contributed by atoms with van der Waals surface area (Å²) in [4.78, 5) is 3.29. The standard InChI is InChI=1S/C13H23N3/c1-12(2,11-4-3-7-16-11)9-15-10-13(8-14)5-6-13/h3-4,7,15-16H,5-6,8-10,14H2,1-2H3. The summed E-state index contributed by atoms with van der Waals surface area (Å²) >= 11 is 0. The van der Waals surface area contributed by atoms with Crippen LogP contribution < -0.4 is 11.1 Å². The van der Waals surface area contributed by atoms with Gasteiger partial charge in [0.25, 0.3) is 0 Å². The fraction of sp³-hybridized carbons (Fsp3) is 0.692. The molecule has 0 radical (unpaired) electrons. The van der Waals surface area contributed by atoms with Crippen molar-refractivity contribution in [3.05, 3.63) is 24.0 Å².